The predicted molar refractivity (Wildman–Crippen MR) is 123 cm³/mol. The summed E-state index contributed by atoms with van der Waals surface area (Å²) in [7, 11) is 3.99. The second-order valence-corrected chi connectivity index (χ2v) is 7.13. The van der Waals surface area contributed by atoms with Gasteiger partial charge < -0.3 is 18.9 Å². The molecule has 3 rings (SSSR count). The van der Waals surface area contributed by atoms with E-state index < -0.39 is 11.9 Å². The maximum atomic E-state index is 12.8. The van der Waals surface area contributed by atoms with Crippen molar-refractivity contribution in [3.8, 4) is 34.5 Å². The van der Waals surface area contributed by atoms with Gasteiger partial charge in [-0.1, -0.05) is 18.2 Å². The number of rotatable bonds is 10. The number of ether oxygens (including phenoxy) is 4. The Morgan fingerprint density at radius 2 is 1.71 bits per heavy atom. The van der Waals surface area contributed by atoms with Crippen LogP contribution in [0.4, 0.5) is 0 Å². The SMILES string of the molecule is COC(=O)c1c(-c2ccc(OC)c(OCCCCC#N)c2)nn(-c2ccccc2)c1C(=O)OC. The Balaban J connectivity index is 2.14. The van der Waals surface area contributed by atoms with E-state index >= 15 is 0 Å². The molecule has 0 aliphatic carbocycles. The van der Waals surface area contributed by atoms with Gasteiger partial charge in [-0.25, -0.2) is 14.3 Å². The Hall–Kier alpha value is -4.32. The first-order valence-corrected chi connectivity index (χ1v) is 10.6. The summed E-state index contributed by atoms with van der Waals surface area (Å²) in [4.78, 5) is 25.5. The minimum atomic E-state index is -0.731. The number of unbranched alkanes of at least 4 members (excludes halogenated alkanes) is 2. The van der Waals surface area contributed by atoms with Gasteiger partial charge in [-0.05, 0) is 43.2 Å². The molecule has 0 saturated carbocycles. The fourth-order valence-corrected chi connectivity index (χ4v) is 3.38. The van der Waals surface area contributed by atoms with Crippen molar-refractivity contribution >= 4 is 11.9 Å². The molecule has 0 aliphatic rings. The summed E-state index contributed by atoms with van der Waals surface area (Å²) in [6, 6.07) is 16.1. The molecular weight excluding hydrogens is 438 g/mol. The van der Waals surface area contributed by atoms with Crippen LogP contribution in [0.2, 0.25) is 0 Å². The molecule has 0 unspecified atom stereocenters. The van der Waals surface area contributed by atoms with Gasteiger partial charge in [0.2, 0.25) is 0 Å². The second kappa shape index (κ2) is 11.5. The van der Waals surface area contributed by atoms with Gasteiger partial charge >= 0.3 is 11.9 Å². The quantitative estimate of drug-likeness (QED) is 0.325. The van der Waals surface area contributed by atoms with Gasteiger partial charge in [0.25, 0.3) is 0 Å². The molecule has 1 heterocycles. The van der Waals surface area contributed by atoms with Crippen molar-refractivity contribution in [3.05, 3.63) is 59.8 Å². The molecular formula is C25H25N3O6. The third-order valence-corrected chi connectivity index (χ3v) is 5.03. The van der Waals surface area contributed by atoms with Crippen molar-refractivity contribution in [2.75, 3.05) is 27.9 Å². The minimum absolute atomic E-state index is 0.0247. The van der Waals surface area contributed by atoms with E-state index in [0.29, 0.717) is 42.2 Å². The first-order valence-electron chi connectivity index (χ1n) is 10.6. The number of carbonyl (C=O) groups is 2. The molecule has 0 amide bonds. The summed E-state index contributed by atoms with van der Waals surface area (Å²) in [6.45, 7) is 0.386. The van der Waals surface area contributed by atoms with E-state index in [1.807, 2.05) is 6.07 Å². The van der Waals surface area contributed by atoms with E-state index in [9.17, 15) is 9.59 Å². The van der Waals surface area contributed by atoms with Crippen LogP contribution < -0.4 is 9.47 Å². The number of aromatic nitrogens is 2. The van der Waals surface area contributed by atoms with E-state index in [1.165, 1.54) is 26.0 Å². The summed E-state index contributed by atoms with van der Waals surface area (Å²) in [5.41, 5.74) is 1.25. The van der Waals surface area contributed by atoms with Crippen LogP contribution in [0.25, 0.3) is 16.9 Å². The normalized spacial score (nSPS) is 10.3. The highest BCUT2D eigenvalue weighted by molar-refractivity contribution is 6.06. The summed E-state index contributed by atoms with van der Waals surface area (Å²) < 4.78 is 22.6. The molecule has 0 saturated heterocycles. The number of esters is 2. The van der Waals surface area contributed by atoms with Crippen LogP contribution in [0.15, 0.2) is 48.5 Å². The van der Waals surface area contributed by atoms with Gasteiger partial charge in [-0.3, -0.25) is 0 Å². The number of nitriles is 1. The lowest BCUT2D eigenvalue weighted by molar-refractivity contribution is 0.0549. The smallest absolute Gasteiger partial charge is 0.357 e. The van der Waals surface area contributed by atoms with E-state index in [2.05, 4.69) is 11.2 Å². The molecule has 0 radical (unpaired) electrons. The molecule has 0 aliphatic heterocycles. The second-order valence-electron chi connectivity index (χ2n) is 7.13. The molecule has 9 heteroatoms. The van der Waals surface area contributed by atoms with Gasteiger partial charge in [0.05, 0.1) is 39.7 Å². The largest absolute Gasteiger partial charge is 0.493 e. The van der Waals surface area contributed by atoms with Crippen molar-refractivity contribution in [1.29, 1.82) is 5.26 Å². The first-order chi connectivity index (χ1) is 16.5. The number of para-hydroxylation sites is 1. The third-order valence-electron chi connectivity index (χ3n) is 5.03. The van der Waals surface area contributed by atoms with Crippen molar-refractivity contribution in [2.24, 2.45) is 0 Å². The molecule has 9 nitrogen and oxygen atoms in total. The number of hydrogen-bond acceptors (Lipinski definition) is 8. The molecule has 0 atom stereocenters. The number of methoxy groups -OCH3 is 3. The molecule has 2 aromatic carbocycles. The van der Waals surface area contributed by atoms with E-state index in [4.69, 9.17) is 24.2 Å². The summed E-state index contributed by atoms with van der Waals surface area (Å²) in [6.07, 6.45) is 1.87. The number of hydrogen-bond donors (Lipinski definition) is 0. The van der Waals surface area contributed by atoms with Crippen LogP contribution in [-0.4, -0.2) is 49.7 Å². The first kappa shape index (κ1) is 24.3. The molecule has 176 valence electrons. The Morgan fingerprint density at radius 3 is 2.35 bits per heavy atom. The van der Waals surface area contributed by atoms with Crippen LogP contribution in [0.3, 0.4) is 0 Å². The van der Waals surface area contributed by atoms with Crippen LogP contribution >= 0.6 is 0 Å². The Bertz CT molecular complexity index is 1200. The van der Waals surface area contributed by atoms with Gasteiger partial charge in [0.1, 0.15) is 11.3 Å². The van der Waals surface area contributed by atoms with E-state index in [0.717, 1.165) is 6.42 Å². The average molecular weight is 463 g/mol. The Labute approximate surface area is 197 Å². The highest BCUT2D eigenvalue weighted by atomic mass is 16.5. The van der Waals surface area contributed by atoms with Crippen LogP contribution in [-0.2, 0) is 9.47 Å². The molecule has 0 fully saturated rings. The lowest BCUT2D eigenvalue weighted by Gasteiger charge is -2.12. The van der Waals surface area contributed by atoms with Crippen molar-refractivity contribution in [1.82, 2.24) is 9.78 Å². The fourth-order valence-electron chi connectivity index (χ4n) is 3.38. The van der Waals surface area contributed by atoms with E-state index in [1.54, 1.807) is 42.5 Å². The zero-order valence-electron chi connectivity index (χ0n) is 19.2. The highest BCUT2D eigenvalue weighted by Gasteiger charge is 2.31. The fraction of sp³-hybridized carbons (Fsp3) is 0.280. The van der Waals surface area contributed by atoms with Crippen LogP contribution in [0.5, 0.6) is 11.5 Å². The standard InChI is InChI=1S/C25H25N3O6/c1-31-19-13-12-17(16-20(19)34-15-9-5-8-14-26)22-21(24(29)32-2)23(25(30)33-3)28(27-22)18-10-6-4-7-11-18/h4,6-7,10-13,16H,5,8-9,15H2,1-3H3. The lowest BCUT2D eigenvalue weighted by atomic mass is 10.0. The maximum absolute atomic E-state index is 12.8. The predicted octanol–water partition coefficient (Wildman–Crippen LogP) is 4.19. The Kier molecular flexibility index (Phi) is 8.24. The monoisotopic (exact) mass is 463 g/mol. The lowest BCUT2D eigenvalue weighted by Crippen LogP contribution is -2.15. The molecule has 3 aromatic rings. The zero-order valence-corrected chi connectivity index (χ0v) is 19.2. The maximum Gasteiger partial charge on any atom is 0.357 e. The van der Waals surface area contributed by atoms with Gasteiger partial charge in [0, 0.05) is 12.0 Å². The van der Waals surface area contributed by atoms with Crippen molar-refractivity contribution in [3.63, 3.8) is 0 Å². The minimum Gasteiger partial charge on any atom is -0.493 e. The average Bonchev–Trinajstić information content (AvgIpc) is 3.28. The van der Waals surface area contributed by atoms with Crippen molar-refractivity contribution < 1.29 is 28.5 Å². The summed E-state index contributed by atoms with van der Waals surface area (Å²) >= 11 is 0. The molecule has 0 spiro atoms. The van der Waals surface area contributed by atoms with Gasteiger partial charge in [-0.15, -0.1) is 0 Å². The summed E-state index contributed by atoms with van der Waals surface area (Å²) in [5.74, 6) is -0.515. The van der Waals surface area contributed by atoms with E-state index in [-0.39, 0.29) is 17.0 Å². The summed E-state index contributed by atoms with van der Waals surface area (Å²) in [5, 5.41) is 13.3. The number of nitrogens with zero attached hydrogens (tertiary/aromatic N) is 3. The molecule has 1 aromatic heterocycles. The van der Waals surface area contributed by atoms with Crippen LogP contribution in [0.1, 0.15) is 40.1 Å². The van der Waals surface area contributed by atoms with Gasteiger partial charge in [0.15, 0.2) is 17.2 Å². The van der Waals surface area contributed by atoms with Crippen LogP contribution in [0, 0.1) is 11.3 Å². The van der Waals surface area contributed by atoms with Gasteiger partial charge in [-0.2, -0.15) is 10.4 Å². The number of benzene rings is 2. The number of carbonyl (C=O) groups excluding carboxylic acids is 2. The third kappa shape index (κ3) is 5.18. The zero-order chi connectivity index (χ0) is 24.5. The molecule has 0 bridgehead atoms. The Morgan fingerprint density at radius 1 is 0.971 bits per heavy atom. The molecule has 0 N–H and O–H groups in total. The topological polar surface area (TPSA) is 113 Å². The van der Waals surface area contributed by atoms with Crippen molar-refractivity contribution in [2.45, 2.75) is 19.3 Å². The molecule has 34 heavy (non-hydrogen) atoms. The highest BCUT2D eigenvalue weighted by Crippen LogP contribution is 2.35.